The molecular formula is C13H18N4O4. The van der Waals surface area contributed by atoms with E-state index in [0.29, 0.717) is 17.4 Å². The molecule has 0 aromatic rings. The van der Waals surface area contributed by atoms with Crippen LogP contribution in [0.4, 0.5) is 4.79 Å². The summed E-state index contributed by atoms with van der Waals surface area (Å²) >= 11 is 0. The highest BCUT2D eigenvalue weighted by atomic mass is 16.2. The number of amides is 5. The van der Waals surface area contributed by atoms with Gasteiger partial charge in [-0.25, -0.2) is 9.69 Å². The van der Waals surface area contributed by atoms with Crippen molar-refractivity contribution in [2.24, 2.45) is 11.7 Å². The number of nitrogens with one attached hydrogen (secondary N) is 1. The Morgan fingerprint density at radius 1 is 1.33 bits per heavy atom. The molecule has 2 fully saturated rings. The Morgan fingerprint density at radius 2 is 1.95 bits per heavy atom. The molecule has 0 aromatic carbocycles. The van der Waals surface area contributed by atoms with Crippen molar-refractivity contribution in [3.8, 4) is 0 Å². The van der Waals surface area contributed by atoms with E-state index in [1.807, 2.05) is 0 Å². The lowest BCUT2D eigenvalue weighted by atomic mass is 10.2. The van der Waals surface area contributed by atoms with Gasteiger partial charge in [0.15, 0.2) is 0 Å². The van der Waals surface area contributed by atoms with Crippen LogP contribution in [0.25, 0.3) is 0 Å². The SMILES string of the molecule is C=CCN1C(=O)C(=O)N(CC(=O)NC(CN)C2CC2)C1=O. The Labute approximate surface area is 121 Å². The lowest BCUT2D eigenvalue weighted by molar-refractivity contribution is -0.143. The highest BCUT2D eigenvalue weighted by Crippen LogP contribution is 2.32. The number of hydrogen-bond acceptors (Lipinski definition) is 5. The van der Waals surface area contributed by atoms with Crippen molar-refractivity contribution in [2.45, 2.75) is 18.9 Å². The van der Waals surface area contributed by atoms with Crippen molar-refractivity contribution in [3.05, 3.63) is 12.7 Å². The van der Waals surface area contributed by atoms with E-state index in [0.717, 1.165) is 17.7 Å². The summed E-state index contributed by atoms with van der Waals surface area (Å²) in [6.07, 6.45) is 3.36. The molecule has 0 spiro atoms. The van der Waals surface area contributed by atoms with Crippen LogP contribution in [-0.4, -0.2) is 59.2 Å². The van der Waals surface area contributed by atoms with Crippen molar-refractivity contribution in [2.75, 3.05) is 19.6 Å². The van der Waals surface area contributed by atoms with E-state index in [-0.39, 0.29) is 12.6 Å². The largest absolute Gasteiger partial charge is 0.350 e. The van der Waals surface area contributed by atoms with Crippen molar-refractivity contribution < 1.29 is 19.2 Å². The van der Waals surface area contributed by atoms with Gasteiger partial charge >= 0.3 is 17.8 Å². The Morgan fingerprint density at radius 3 is 2.48 bits per heavy atom. The lowest BCUT2D eigenvalue weighted by Gasteiger charge is -2.18. The van der Waals surface area contributed by atoms with E-state index in [1.165, 1.54) is 6.08 Å². The van der Waals surface area contributed by atoms with Gasteiger partial charge in [-0.2, -0.15) is 0 Å². The van der Waals surface area contributed by atoms with Gasteiger partial charge in [0.2, 0.25) is 5.91 Å². The molecule has 0 bridgehead atoms. The first-order valence-corrected chi connectivity index (χ1v) is 6.77. The van der Waals surface area contributed by atoms with Gasteiger partial charge in [-0.1, -0.05) is 6.08 Å². The number of hydrogen-bond donors (Lipinski definition) is 2. The van der Waals surface area contributed by atoms with Gasteiger partial charge in [-0.15, -0.1) is 6.58 Å². The molecule has 1 saturated carbocycles. The summed E-state index contributed by atoms with van der Waals surface area (Å²) in [5.74, 6) is -2.06. The van der Waals surface area contributed by atoms with Crippen LogP contribution < -0.4 is 11.1 Å². The smallest absolute Gasteiger partial charge is 0.335 e. The molecule has 3 N–H and O–H groups in total. The van der Waals surface area contributed by atoms with Crippen LogP contribution in [0.5, 0.6) is 0 Å². The third-order valence-corrected chi connectivity index (χ3v) is 3.54. The van der Waals surface area contributed by atoms with Crippen molar-refractivity contribution in [1.82, 2.24) is 15.1 Å². The average molecular weight is 294 g/mol. The number of imide groups is 2. The Bertz CT molecular complexity index is 500. The molecule has 1 atom stereocenters. The molecule has 8 heteroatoms. The third kappa shape index (κ3) is 3.10. The second kappa shape index (κ2) is 6.04. The number of nitrogens with two attached hydrogens (primary N) is 1. The summed E-state index contributed by atoms with van der Waals surface area (Å²) in [5, 5.41) is 2.70. The highest BCUT2D eigenvalue weighted by molar-refractivity contribution is 6.45. The Kier molecular flexibility index (Phi) is 4.37. The average Bonchev–Trinajstić information content (AvgIpc) is 3.27. The van der Waals surface area contributed by atoms with E-state index in [4.69, 9.17) is 5.73 Å². The van der Waals surface area contributed by atoms with E-state index in [9.17, 15) is 19.2 Å². The Hall–Kier alpha value is -2.22. The second-order valence-electron chi connectivity index (χ2n) is 5.13. The predicted molar refractivity (Wildman–Crippen MR) is 72.7 cm³/mol. The number of urea groups is 1. The molecule has 1 aliphatic heterocycles. The zero-order chi connectivity index (χ0) is 15.6. The maximum Gasteiger partial charge on any atom is 0.335 e. The number of rotatable bonds is 7. The number of nitrogens with zero attached hydrogens (tertiary/aromatic N) is 2. The normalized spacial score (nSPS) is 20.0. The van der Waals surface area contributed by atoms with E-state index in [1.54, 1.807) is 0 Å². The van der Waals surface area contributed by atoms with Crippen molar-refractivity contribution in [3.63, 3.8) is 0 Å². The third-order valence-electron chi connectivity index (χ3n) is 3.54. The minimum Gasteiger partial charge on any atom is -0.350 e. The predicted octanol–water partition coefficient (Wildman–Crippen LogP) is -1.18. The maximum absolute atomic E-state index is 11.9. The topological polar surface area (TPSA) is 113 Å². The minimum absolute atomic E-state index is 0.0605. The molecule has 5 amide bonds. The quantitative estimate of drug-likeness (QED) is 0.348. The van der Waals surface area contributed by atoms with E-state index < -0.39 is 30.3 Å². The fourth-order valence-corrected chi connectivity index (χ4v) is 2.24. The van der Waals surface area contributed by atoms with Gasteiger partial charge in [0.25, 0.3) is 0 Å². The van der Waals surface area contributed by atoms with Gasteiger partial charge in [-0.05, 0) is 18.8 Å². The molecule has 21 heavy (non-hydrogen) atoms. The second-order valence-corrected chi connectivity index (χ2v) is 5.13. The van der Waals surface area contributed by atoms with E-state index >= 15 is 0 Å². The molecular weight excluding hydrogens is 276 g/mol. The van der Waals surface area contributed by atoms with Gasteiger partial charge in [-0.3, -0.25) is 19.3 Å². The van der Waals surface area contributed by atoms with Crippen molar-refractivity contribution >= 4 is 23.8 Å². The zero-order valence-corrected chi connectivity index (χ0v) is 11.6. The first-order chi connectivity index (χ1) is 9.99. The van der Waals surface area contributed by atoms with Crippen LogP contribution in [0.1, 0.15) is 12.8 Å². The van der Waals surface area contributed by atoms with Gasteiger partial charge in [0, 0.05) is 19.1 Å². The molecule has 1 unspecified atom stereocenters. The molecule has 2 rings (SSSR count). The van der Waals surface area contributed by atoms with Crippen LogP contribution in [0.15, 0.2) is 12.7 Å². The van der Waals surface area contributed by atoms with Crippen LogP contribution in [0.2, 0.25) is 0 Å². The molecule has 0 aromatic heterocycles. The minimum atomic E-state index is -0.993. The van der Waals surface area contributed by atoms with Crippen LogP contribution in [-0.2, 0) is 14.4 Å². The molecule has 0 radical (unpaired) electrons. The molecule has 114 valence electrons. The number of carbonyl (C=O) groups is 4. The fourth-order valence-electron chi connectivity index (χ4n) is 2.24. The standard InChI is InChI=1S/C13H18N4O4/c1-2-5-16-11(19)12(20)17(13(16)21)7-10(18)15-9(6-14)8-3-4-8/h2,8-9H,1,3-7,14H2,(H,15,18). The number of carbonyl (C=O) groups excluding carboxylic acids is 4. The first-order valence-electron chi connectivity index (χ1n) is 6.77. The summed E-state index contributed by atoms with van der Waals surface area (Å²) in [7, 11) is 0. The summed E-state index contributed by atoms with van der Waals surface area (Å²) in [5.41, 5.74) is 5.57. The van der Waals surface area contributed by atoms with Crippen LogP contribution in [0, 0.1) is 5.92 Å². The van der Waals surface area contributed by atoms with Gasteiger partial charge < -0.3 is 11.1 Å². The van der Waals surface area contributed by atoms with Crippen molar-refractivity contribution in [1.29, 1.82) is 0 Å². The fraction of sp³-hybridized carbons (Fsp3) is 0.538. The zero-order valence-electron chi connectivity index (χ0n) is 11.6. The summed E-state index contributed by atoms with van der Waals surface area (Å²) in [4.78, 5) is 48.5. The molecule has 1 saturated heterocycles. The first kappa shape index (κ1) is 15.2. The summed E-state index contributed by atoms with van der Waals surface area (Å²) in [6.45, 7) is 3.18. The van der Waals surface area contributed by atoms with E-state index in [2.05, 4.69) is 11.9 Å². The maximum atomic E-state index is 11.9. The lowest BCUT2D eigenvalue weighted by Crippen LogP contribution is -2.47. The van der Waals surface area contributed by atoms with Crippen LogP contribution >= 0.6 is 0 Å². The Balaban J connectivity index is 1.96. The van der Waals surface area contributed by atoms with Crippen LogP contribution in [0.3, 0.4) is 0 Å². The summed E-state index contributed by atoms with van der Waals surface area (Å²) < 4.78 is 0. The monoisotopic (exact) mass is 294 g/mol. The molecule has 1 aliphatic carbocycles. The molecule has 1 heterocycles. The van der Waals surface area contributed by atoms with Gasteiger partial charge in [0.05, 0.1) is 0 Å². The molecule has 2 aliphatic rings. The molecule has 8 nitrogen and oxygen atoms in total. The summed E-state index contributed by atoms with van der Waals surface area (Å²) in [6, 6.07) is -0.943. The van der Waals surface area contributed by atoms with Gasteiger partial charge in [0.1, 0.15) is 6.54 Å². The highest BCUT2D eigenvalue weighted by Gasteiger charge is 2.44.